The zero-order valence-electron chi connectivity index (χ0n) is 16.1. The van der Waals surface area contributed by atoms with E-state index in [1.807, 2.05) is 6.07 Å². The zero-order chi connectivity index (χ0) is 17.7. The molecule has 1 aliphatic rings. The summed E-state index contributed by atoms with van der Waals surface area (Å²) in [4.78, 5) is 15.1. The van der Waals surface area contributed by atoms with Crippen molar-refractivity contribution in [2.24, 2.45) is 5.92 Å². The van der Waals surface area contributed by atoms with E-state index in [0.29, 0.717) is 18.0 Å². The molecule has 1 amide bonds. The molecule has 1 N–H and O–H groups in total. The summed E-state index contributed by atoms with van der Waals surface area (Å²) in [6.07, 6.45) is 4.17. The summed E-state index contributed by atoms with van der Waals surface area (Å²) in [5.74, 6) is 0.694. The number of nitrogens with one attached hydrogen (secondary N) is 1. The summed E-state index contributed by atoms with van der Waals surface area (Å²) < 4.78 is 0. The number of carbonyl (C=O) groups is 1. The second-order valence-corrected chi connectivity index (χ2v) is 7.81. The van der Waals surface area contributed by atoms with Crippen molar-refractivity contribution in [3.63, 3.8) is 0 Å². The van der Waals surface area contributed by atoms with Gasteiger partial charge in [-0.3, -0.25) is 4.79 Å². The average molecular weight is 331 g/mol. The standard InChI is InChI=1S/C21H34N2O/c1-6-17-7-8-18(14-19(17)13-15(2)3)21(24)22-20-9-11-23(12-10-20)16(4)5/h7-8,14-16,20H,6,9-13H2,1-5H3,(H,22,24). The van der Waals surface area contributed by atoms with Crippen molar-refractivity contribution in [2.45, 2.75) is 72.4 Å². The van der Waals surface area contributed by atoms with Crippen LogP contribution in [0.25, 0.3) is 0 Å². The van der Waals surface area contributed by atoms with Crippen molar-refractivity contribution >= 4 is 5.91 Å². The normalized spacial score (nSPS) is 16.8. The molecular weight excluding hydrogens is 296 g/mol. The van der Waals surface area contributed by atoms with Gasteiger partial charge in [0.05, 0.1) is 0 Å². The molecule has 1 heterocycles. The number of hydrogen-bond acceptors (Lipinski definition) is 2. The Kier molecular flexibility index (Phi) is 6.85. The van der Waals surface area contributed by atoms with Crippen LogP contribution in [0.5, 0.6) is 0 Å². The lowest BCUT2D eigenvalue weighted by Gasteiger charge is -2.34. The van der Waals surface area contributed by atoms with E-state index < -0.39 is 0 Å². The zero-order valence-corrected chi connectivity index (χ0v) is 16.1. The Balaban J connectivity index is 2.00. The van der Waals surface area contributed by atoms with E-state index in [9.17, 15) is 4.79 Å². The molecule has 0 atom stereocenters. The fourth-order valence-electron chi connectivity index (χ4n) is 3.57. The first-order valence-corrected chi connectivity index (χ1v) is 9.57. The first kappa shape index (κ1) is 19.0. The molecule has 0 aromatic heterocycles. The summed E-state index contributed by atoms with van der Waals surface area (Å²) >= 11 is 0. The number of rotatable bonds is 6. The van der Waals surface area contributed by atoms with Gasteiger partial charge in [0.1, 0.15) is 0 Å². The van der Waals surface area contributed by atoms with E-state index >= 15 is 0 Å². The Morgan fingerprint density at radius 1 is 1.17 bits per heavy atom. The third-order valence-corrected chi connectivity index (χ3v) is 5.07. The van der Waals surface area contributed by atoms with E-state index in [0.717, 1.165) is 44.3 Å². The molecule has 0 radical (unpaired) electrons. The Hall–Kier alpha value is -1.35. The molecule has 1 aromatic carbocycles. The van der Waals surface area contributed by atoms with Crippen LogP contribution in [0.2, 0.25) is 0 Å². The predicted octanol–water partition coefficient (Wildman–Crippen LogP) is 4.05. The molecule has 1 aliphatic heterocycles. The van der Waals surface area contributed by atoms with Crippen molar-refractivity contribution in [1.29, 1.82) is 0 Å². The topological polar surface area (TPSA) is 32.3 Å². The van der Waals surface area contributed by atoms with E-state index in [4.69, 9.17) is 0 Å². The summed E-state index contributed by atoms with van der Waals surface area (Å²) in [5.41, 5.74) is 3.51. The first-order chi connectivity index (χ1) is 11.4. The summed E-state index contributed by atoms with van der Waals surface area (Å²) in [6, 6.07) is 7.14. The molecule has 3 heteroatoms. The molecule has 1 aromatic rings. The minimum absolute atomic E-state index is 0.0886. The predicted molar refractivity (Wildman–Crippen MR) is 102 cm³/mol. The number of piperidine rings is 1. The monoisotopic (exact) mass is 330 g/mol. The van der Waals surface area contributed by atoms with Crippen molar-refractivity contribution in [2.75, 3.05) is 13.1 Å². The lowest BCUT2D eigenvalue weighted by atomic mass is 9.94. The minimum atomic E-state index is 0.0886. The molecular formula is C21H34N2O. The lowest BCUT2D eigenvalue weighted by molar-refractivity contribution is 0.0900. The number of nitrogens with zero attached hydrogens (tertiary/aromatic N) is 1. The van der Waals surface area contributed by atoms with E-state index in [1.54, 1.807) is 0 Å². The highest BCUT2D eigenvalue weighted by Crippen LogP contribution is 2.18. The average Bonchev–Trinajstić information content (AvgIpc) is 2.54. The Labute approximate surface area is 147 Å². The van der Waals surface area contributed by atoms with Crippen LogP contribution in [0.4, 0.5) is 0 Å². The van der Waals surface area contributed by atoms with Gasteiger partial charge in [0.25, 0.3) is 5.91 Å². The molecule has 0 spiro atoms. The number of aryl methyl sites for hydroxylation is 1. The lowest BCUT2D eigenvalue weighted by Crippen LogP contribution is -2.46. The van der Waals surface area contributed by atoms with Crippen LogP contribution >= 0.6 is 0 Å². The number of benzene rings is 1. The van der Waals surface area contributed by atoms with Crippen LogP contribution in [0, 0.1) is 5.92 Å². The molecule has 0 bridgehead atoms. The summed E-state index contributed by atoms with van der Waals surface area (Å²) in [6.45, 7) is 13.3. The quantitative estimate of drug-likeness (QED) is 0.853. The number of hydrogen-bond donors (Lipinski definition) is 1. The van der Waals surface area contributed by atoms with Gasteiger partial charge in [-0.05, 0) is 68.7 Å². The van der Waals surface area contributed by atoms with Gasteiger partial charge in [-0.1, -0.05) is 26.8 Å². The van der Waals surface area contributed by atoms with Gasteiger partial charge >= 0.3 is 0 Å². The first-order valence-electron chi connectivity index (χ1n) is 9.57. The molecule has 2 rings (SSSR count). The van der Waals surface area contributed by atoms with Gasteiger partial charge < -0.3 is 10.2 Å². The van der Waals surface area contributed by atoms with Gasteiger partial charge in [-0.2, -0.15) is 0 Å². The van der Waals surface area contributed by atoms with Crippen LogP contribution < -0.4 is 5.32 Å². The Bertz CT molecular complexity index is 543. The van der Waals surface area contributed by atoms with E-state index in [2.05, 4.69) is 57.0 Å². The molecule has 1 saturated heterocycles. The third kappa shape index (κ3) is 5.07. The van der Waals surface area contributed by atoms with E-state index in [-0.39, 0.29) is 5.91 Å². The maximum absolute atomic E-state index is 12.6. The minimum Gasteiger partial charge on any atom is -0.349 e. The maximum atomic E-state index is 12.6. The Morgan fingerprint density at radius 3 is 2.38 bits per heavy atom. The molecule has 134 valence electrons. The highest BCUT2D eigenvalue weighted by Gasteiger charge is 2.22. The van der Waals surface area contributed by atoms with Crippen LogP contribution in [0.1, 0.15) is 68.9 Å². The highest BCUT2D eigenvalue weighted by atomic mass is 16.1. The second kappa shape index (κ2) is 8.66. The Morgan fingerprint density at radius 2 is 1.83 bits per heavy atom. The summed E-state index contributed by atoms with van der Waals surface area (Å²) in [7, 11) is 0. The number of carbonyl (C=O) groups excluding carboxylic acids is 1. The van der Waals surface area contributed by atoms with Crippen LogP contribution in [-0.2, 0) is 12.8 Å². The summed E-state index contributed by atoms with van der Waals surface area (Å²) in [5, 5.41) is 3.25. The van der Waals surface area contributed by atoms with Crippen molar-refractivity contribution < 1.29 is 4.79 Å². The third-order valence-electron chi connectivity index (χ3n) is 5.07. The van der Waals surface area contributed by atoms with Crippen molar-refractivity contribution in [3.8, 4) is 0 Å². The van der Waals surface area contributed by atoms with Gasteiger partial charge in [-0.15, -0.1) is 0 Å². The van der Waals surface area contributed by atoms with Gasteiger partial charge in [0, 0.05) is 30.7 Å². The SMILES string of the molecule is CCc1ccc(C(=O)NC2CCN(C(C)C)CC2)cc1CC(C)C. The van der Waals surface area contributed by atoms with Crippen LogP contribution in [-0.4, -0.2) is 36.0 Å². The van der Waals surface area contributed by atoms with Gasteiger partial charge in [0.15, 0.2) is 0 Å². The number of likely N-dealkylation sites (tertiary alicyclic amines) is 1. The van der Waals surface area contributed by atoms with Crippen molar-refractivity contribution in [1.82, 2.24) is 10.2 Å². The molecule has 24 heavy (non-hydrogen) atoms. The smallest absolute Gasteiger partial charge is 0.251 e. The van der Waals surface area contributed by atoms with Crippen LogP contribution in [0.15, 0.2) is 18.2 Å². The van der Waals surface area contributed by atoms with Crippen LogP contribution in [0.3, 0.4) is 0 Å². The fraction of sp³-hybridized carbons (Fsp3) is 0.667. The van der Waals surface area contributed by atoms with Crippen molar-refractivity contribution in [3.05, 3.63) is 34.9 Å². The molecule has 0 saturated carbocycles. The largest absolute Gasteiger partial charge is 0.349 e. The second-order valence-electron chi connectivity index (χ2n) is 7.81. The molecule has 1 fully saturated rings. The number of amides is 1. The molecule has 3 nitrogen and oxygen atoms in total. The van der Waals surface area contributed by atoms with Gasteiger partial charge in [-0.25, -0.2) is 0 Å². The van der Waals surface area contributed by atoms with Gasteiger partial charge in [0.2, 0.25) is 0 Å². The fourth-order valence-corrected chi connectivity index (χ4v) is 3.57. The highest BCUT2D eigenvalue weighted by molar-refractivity contribution is 5.94. The molecule has 0 unspecified atom stereocenters. The molecule has 0 aliphatic carbocycles. The maximum Gasteiger partial charge on any atom is 0.251 e. The van der Waals surface area contributed by atoms with E-state index in [1.165, 1.54) is 11.1 Å².